The number of nitrogens with one attached hydrogen (secondary N) is 3. The standard InChI is InChI=1S/C23H27N7O2/c1-14-15(5-6-19(31)30-10-9-24-13-30)20(23(2,3)4)17(28-14)11-18-21(26-8-7-25-18)16-12-27-29-22(16)32/h7-10,12-13,28H,5-6,11H2,1-4H3,(H2,27,29,32). The Balaban J connectivity index is 1.69. The van der Waals surface area contributed by atoms with Gasteiger partial charge in [-0.3, -0.25) is 29.2 Å². The van der Waals surface area contributed by atoms with E-state index < -0.39 is 0 Å². The van der Waals surface area contributed by atoms with Crippen LogP contribution in [0.4, 0.5) is 0 Å². The summed E-state index contributed by atoms with van der Waals surface area (Å²) < 4.78 is 1.51. The van der Waals surface area contributed by atoms with E-state index in [0.29, 0.717) is 36.2 Å². The molecular weight excluding hydrogens is 406 g/mol. The van der Waals surface area contributed by atoms with Gasteiger partial charge in [-0.2, -0.15) is 0 Å². The number of aromatic nitrogens is 7. The van der Waals surface area contributed by atoms with Gasteiger partial charge in [0, 0.05) is 55.2 Å². The fourth-order valence-corrected chi connectivity index (χ4v) is 4.22. The second-order valence-corrected chi connectivity index (χ2v) is 8.88. The van der Waals surface area contributed by atoms with E-state index in [2.05, 4.69) is 50.9 Å². The molecule has 4 aromatic rings. The van der Waals surface area contributed by atoms with Crippen molar-refractivity contribution in [1.82, 2.24) is 34.7 Å². The summed E-state index contributed by atoms with van der Waals surface area (Å²) in [6.45, 7) is 8.52. The van der Waals surface area contributed by atoms with Gasteiger partial charge in [0.2, 0.25) is 5.91 Å². The van der Waals surface area contributed by atoms with Crippen molar-refractivity contribution in [1.29, 1.82) is 0 Å². The Morgan fingerprint density at radius 2 is 1.94 bits per heavy atom. The lowest BCUT2D eigenvalue weighted by molar-refractivity contribution is 0.0902. The quantitative estimate of drug-likeness (QED) is 0.431. The Labute approximate surface area is 185 Å². The number of aromatic amines is 3. The smallest absolute Gasteiger partial charge is 0.273 e. The molecule has 0 radical (unpaired) electrons. The minimum Gasteiger partial charge on any atom is -0.362 e. The van der Waals surface area contributed by atoms with Crippen LogP contribution in [0, 0.1) is 6.92 Å². The van der Waals surface area contributed by atoms with Crippen LogP contribution in [0.2, 0.25) is 0 Å². The number of carbonyl (C=O) groups excluding carboxylic acids is 1. The van der Waals surface area contributed by atoms with Crippen molar-refractivity contribution < 1.29 is 4.79 Å². The topological polar surface area (TPSA) is 125 Å². The molecule has 0 unspecified atom stereocenters. The van der Waals surface area contributed by atoms with Crippen molar-refractivity contribution in [3.63, 3.8) is 0 Å². The first-order valence-corrected chi connectivity index (χ1v) is 10.5. The van der Waals surface area contributed by atoms with Crippen molar-refractivity contribution in [3.05, 3.63) is 75.9 Å². The molecule has 0 aliphatic rings. The Hall–Kier alpha value is -3.75. The number of nitrogens with zero attached hydrogens (tertiary/aromatic N) is 4. The molecular formula is C23H27N7O2. The van der Waals surface area contributed by atoms with Crippen LogP contribution in [0.3, 0.4) is 0 Å². The van der Waals surface area contributed by atoms with Crippen LogP contribution in [0.5, 0.6) is 0 Å². The minimum atomic E-state index is -0.232. The van der Waals surface area contributed by atoms with Gasteiger partial charge in [-0.1, -0.05) is 20.8 Å². The molecule has 0 atom stereocenters. The first-order chi connectivity index (χ1) is 15.3. The monoisotopic (exact) mass is 433 g/mol. The second kappa shape index (κ2) is 8.41. The van der Waals surface area contributed by atoms with Crippen molar-refractivity contribution in [2.75, 3.05) is 0 Å². The van der Waals surface area contributed by atoms with Gasteiger partial charge in [0.05, 0.1) is 17.0 Å². The molecule has 4 rings (SSSR count). The van der Waals surface area contributed by atoms with E-state index in [1.165, 1.54) is 16.5 Å². The molecule has 0 saturated heterocycles. The highest BCUT2D eigenvalue weighted by Gasteiger charge is 2.27. The Bertz CT molecular complexity index is 1290. The summed E-state index contributed by atoms with van der Waals surface area (Å²) in [5, 5.41) is 5.28. The number of hydrogen-bond acceptors (Lipinski definition) is 5. The van der Waals surface area contributed by atoms with Crippen molar-refractivity contribution in [2.45, 2.75) is 52.4 Å². The third-order valence-corrected chi connectivity index (χ3v) is 5.55. The molecule has 0 aliphatic heterocycles. The SMILES string of the molecule is Cc1[nH]c(Cc2nccnc2-c2c[nH][nH]c2=O)c(C(C)(C)C)c1CCC(=O)n1ccnc1. The molecule has 4 heterocycles. The first kappa shape index (κ1) is 21.5. The van der Waals surface area contributed by atoms with Crippen molar-refractivity contribution in [2.24, 2.45) is 0 Å². The number of rotatable bonds is 6. The fraction of sp³-hybridized carbons (Fsp3) is 0.348. The highest BCUT2D eigenvalue weighted by Crippen LogP contribution is 2.34. The Morgan fingerprint density at radius 1 is 1.16 bits per heavy atom. The molecule has 0 fully saturated rings. The number of hydrogen-bond donors (Lipinski definition) is 3. The first-order valence-electron chi connectivity index (χ1n) is 10.5. The van der Waals surface area contributed by atoms with Gasteiger partial charge in [0.1, 0.15) is 6.33 Å². The van der Waals surface area contributed by atoms with E-state index in [0.717, 1.165) is 17.0 Å². The normalized spacial score (nSPS) is 11.8. The molecule has 0 aromatic carbocycles. The largest absolute Gasteiger partial charge is 0.362 e. The molecule has 0 bridgehead atoms. The van der Waals surface area contributed by atoms with Crippen LogP contribution >= 0.6 is 0 Å². The lowest BCUT2D eigenvalue weighted by atomic mass is 9.81. The molecule has 9 nitrogen and oxygen atoms in total. The molecule has 0 aliphatic carbocycles. The zero-order valence-electron chi connectivity index (χ0n) is 18.7. The van der Waals surface area contributed by atoms with Gasteiger partial charge in [-0.15, -0.1) is 0 Å². The number of carbonyl (C=O) groups is 1. The summed E-state index contributed by atoms with van der Waals surface area (Å²) in [7, 11) is 0. The third kappa shape index (κ3) is 4.18. The van der Waals surface area contributed by atoms with Gasteiger partial charge in [-0.05, 0) is 29.9 Å². The lowest BCUT2D eigenvalue weighted by Crippen LogP contribution is -2.17. The average molecular weight is 434 g/mol. The van der Waals surface area contributed by atoms with E-state index >= 15 is 0 Å². The predicted octanol–water partition coefficient (Wildman–Crippen LogP) is 3.15. The van der Waals surface area contributed by atoms with Gasteiger partial charge >= 0.3 is 0 Å². The van der Waals surface area contributed by atoms with Crippen LogP contribution in [-0.4, -0.2) is 40.6 Å². The third-order valence-electron chi connectivity index (χ3n) is 5.55. The molecule has 32 heavy (non-hydrogen) atoms. The maximum atomic E-state index is 12.5. The molecule has 3 N–H and O–H groups in total. The van der Waals surface area contributed by atoms with Gasteiger partial charge < -0.3 is 10.1 Å². The van der Waals surface area contributed by atoms with E-state index in [-0.39, 0.29) is 16.9 Å². The van der Waals surface area contributed by atoms with E-state index in [4.69, 9.17) is 0 Å². The Kier molecular flexibility index (Phi) is 5.65. The number of H-pyrrole nitrogens is 3. The highest BCUT2D eigenvalue weighted by molar-refractivity contribution is 5.79. The number of imidazole rings is 1. The lowest BCUT2D eigenvalue weighted by Gasteiger charge is -2.22. The molecule has 0 amide bonds. The summed E-state index contributed by atoms with van der Waals surface area (Å²) in [6, 6.07) is 0. The van der Waals surface area contributed by atoms with E-state index in [1.807, 2.05) is 6.92 Å². The second-order valence-electron chi connectivity index (χ2n) is 8.88. The average Bonchev–Trinajstić information content (AvgIpc) is 3.47. The van der Waals surface area contributed by atoms with Crippen LogP contribution in [-0.2, 0) is 18.3 Å². The number of aryl methyl sites for hydroxylation is 1. The fourth-order valence-electron chi connectivity index (χ4n) is 4.22. The van der Waals surface area contributed by atoms with E-state index in [1.54, 1.807) is 31.0 Å². The summed E-state index contributed by atoms with van der Waals surface area (Å²) in [5.41, 5.74) is 5.72. The molecule has 166 valence electrons. The summed E-state index contributed by atoms with van der Waals surface area (Å²) >= 11 is 0. The van der Waals surface area contributed by atoms with Gasteiger partial charge in [0.15, 0.2) is 0 Å². The zero-order valence-corrected chi connectivity index (χ0v) is 18.7. The summed E-state index contributed by atoms with van der Waals surface area (Å²) in [5.74, 6) is 0.00686. The van der Waals surface area contributed by atoms with E-state index in [9.17, 15) is 9.59 Å². The van der Waals surface area contributed by atoms with Crippen LogP contribution in [0.25, 0.3) is 11.3 Å². The molecule has 4 aromatic heterocycles. The highest BCUT2D eigenvalue weighted by atomic mass is 16.2. The molecule has 0 spiro atoms. The predicted molar refractivity (Wildman–Crippen MR) is 121 cm³/mol. The summed E-state index contributed by atoms with van der Waals surface area (Å²) in [4.78, 5) is 41.1. The minimum absolute atomic E-state index is 0.00686. The van der Waals surface area contributed by atoms with Crippen LogP contribution in [0.1, 0.15) is 60.2 Å². The molecule has 0 saturated carbocycles. The maximum Gasteiger partial charge on any atom is 0.273 e. The zero-order chi connectivity index (χ0) is 22.9. The van der Waals surface area contributed by atoms with Crippen LogP contribution < -0.4 is 5.56 Å². The maximum absolute atomic E-state index is 12.5. The van der Waals surface area contributed by atoms with Crippen molar-refractivity contribution >= 4 is 5.91 Å². The van der Waals surface area contributed by atoms with Gasteiger partial charge in [0.25, 0.3) is 5.56 Å². The summed E-state index contributed by atoms with van der Waals surface area (Å²) in [6.07, 6.45) is 11.1. The molecule has 9 heteroatoms. The Morgan fingerprint density at radius 3 is 2.59 bits per heavy atom. The van der Waals surface area contributed by atoms with Crippen molar-refractivity contribution in [3.8, 4) is 11.3 Å². The van der Waals surface area contributed by atoms with Gasteiger partial charge in [-0.25, -0.2) is 4.98 Å². The van der Waals surface area contributed by atoms with Crippen LogP contribution in [0.15, 0.2) is 42.1 Å².